The molecule has 1 aliphatic rings. The summed E-state index contributed by atoms with van der Waals surface area (Å²) >= 11 is 0. The van der Waals surface area contributed by atoms with Gasteiger partial charge in [-0.15, -0.1) is 0 Å². The number of rotatable bonds is 1. The van der Waals surface area contributed by atoms with Crippen molar-refractivity contribution < 1.29 is 14.1 Å². The lowest BCUT2D eigenvalue weighted by atomic mass is 10.1. The monoisotopic (exact) mass is 267 g/mol. The Hall–Kier alpha value is -1.72. The average molecular weight is 267 g/mol. The molecule has 0 aliphatic carbocycles. The van der Waals surface area contributed by atoms with Crippen LogP contribution < -0.4 is 5.32 Å². The molecular formula is C13H21N3O3. The van der Waals surface area contributed by atoms with Gasteiger partial charge in [0.15, 0.2) is 0 Å². The van der Waals surface area contributed by atoms with Gasteiger partial charge in [-0.05, 0) is 27.2 Å². The number of hydrogen-bond donors (Lipinski definition) is 1. The minimum Gasteiger partial charge on any atom is -0.444 e. The summed E-state index contributed by atoms with van der Waals surface area (Å²) in [5.41, 5.74) is 1.53. The number of hydrogen-bond acceptors (Lipinski definition) is 5. The molecule has 0 saturated carbocycles. The van der Waals surface area contributed by atoms with E-state index in [4.69, 9.17) is 9.26 Å². The number of carbonyl (C=O) groups excluding carboxylic acids is 1. The van der Waals surface area contributed by atoms with E-state index < -0.39 is 5.60 Å². The van der Waals surface area contributed by atoms with Crippen LogP contribution in [-0.2, 0) is 17.6 Å². The van der Waals surface area contributed by atoms with Crippen LogP contribution in [-0.4, -0.2) is 41.9 Å². The van der Waals surface area contributed by atoms with Crippen molar-refractivity contribution in [3.8, 4) is 0 Å². The zero-order valence-electron chi connectivity index (χ0n) is 11.9. The van der Waals surface area contributed by atoms with Crippen molar-refractivity contribution in [2.45, 2.75) is 39.2 Å². The number of fused-ring (bicyclic) bond motifs is 1. The zero-order valence-corrected chi connectivity index (χ0v) is 11.9. The smallest absolute Gasteiger partial charge is 0.410 e. The van der Waals surface area contributed by atoms with Crippen LogP contribution in [0.5, 0.6) is 0 Å². The summed E-state index contributed by atoms with van der Waals surface area (Å²) in [7, 11) is 1.80. The fourth-order valence-electron chi connectivity index (χ4n) is 2.10. The first-order valence-corrected chi connectivity index (χ1v) is 6.54. The van der Waals surface area contributed by atoms with E-state index >= 15 is 0 Å². The van der Waals surface area contributed by atoms with Gasteiger partial charge in [-0.3, -0.25) is 0 Å². The van der Waals surface area contributed by atoms with E-state index in [2.05, 4.69) is 10.5 Å². The van der Waals surface area contributed by atoms with Gasteiger partial charge in [-0.2, -0.15) is 0 Å². The summed E-state index contributed by atoms with van der Waals surface area (Å²) in [6.45, 7) is 6.85. The fourth-order valence-corrected chi connectivity index (χ4v) is 2.10. The first kappa shape index (κ1) is 13.7. The minimum absolute atomic E-state index is 0.263. The SMILES string of the molecule is CNc1onc2c1CCN(C(=O)OC(C)(C)C)CC2. The third kappa shape index (κ3) is 3.19. The maximum absolute atomic E-state index is 12.0. The standard InChI is InChI=1S/C13H21N3O3/c1-13(2,3)18-12(17)16-7-5-9-10(6-8-16)15-19-11(9)14-4/h14H,5-8H2,1-4H3. The van der Waals surface area contributed by atoms with Gasteiger partial charge in [-0.25, -0.2) is 4.79 Å². The van der Waals surface area contributed by atoms with Crippen LogP contribution >= 0.6 is 0 Å². The van der Waals surface area contributed by atoms with E-state index in [1.54, 1.807) is 11.9 Å². The molecule has 0 unspecified atom stereocenters. The van der Waals surface area contributed by atoms with Crippen molar-refractivity contribution in [1.29, 1.82) is 0 Å². The van der Waals surface area contributed by atoms with Crippen LogP contribution in [0.1, 0.15) is 32.0 Å². The lowest BCUT2D eigenvalue weighted by Crippen LogP contribution is -2.38. The van der Waals surface area contributed by atoms with Crippen molar-refractivity contribution in [3.63, 3.8) is 0 Å². The molecule has 1 aliphatic heterocycles. The number of ether oxygens (including phenoxy) is 1. The molecule has 0 aromatic carbocycles. The first-order valence-electron chi connectivity index (χ1n) is 6.54. The molecule has 6 heteroatoms. The molecule has 6 nitrogen and oxygen atoms in total. The molecule has 0 saturated heterocycles. The predicted octanol–water partition coefficient (Wildman–Crippen LogP) is 2.05. The zero-order chi connectivity index (χ0) is 14.0. The number of aromatic nitrogens is 1. The molecule has 0 radical (unpaired) electrons. The molecule has 1 aromatic heterocycles. The predicted molar refractivity (Wildman–Crippen MR) is 71.3 cm³/mol. The van der Waals surface area contributed by atoms with E-state index in [1.807, 2.05) is 20.8 Å². The highest BCUT2D eigenvalue weighted by molar-refractivity contribution is 5.68. The van der Waals surface area contributed by atoms with Gasteiger partial charge in [0, 0.05) is 32.1 Å². The van der Waals surface area contributed by atoms with Crippen LogP contribution in [0.3, 0.4) is 0 Å². The third-order valence-electron chi connectivity index (χ3n) is 3.00. The van der Waals surface area contributed by atoms with Gasteiger partial charge < -0.3 is 19.5 Å². The summed E-state index contributed by atoms with van der Waals surface area (Å²) in [5, 5.41) is 7.02. The van der Waals surface area contributed by atoms with E-state index in [0.29, 0.717) is 25.4 Å². The Morgan fingerprint density at radius 1 is 1.37 bits per heavy atom. The lowest BCUT2D eigenvalue weighted by Gasteiger charge is -2.26. The van der Waals surface area contributed by atoms with Crippen LogP contribution in [0.15, 0.2) is 4.52 Å². The molecule has 1 N–H and O–H groups in total. The summed E-state index contributed by atoms with van der Waals surface area (Å²) in [5.74, 6) is 0.695. The lowest BCUT2D eigenvalue weighted by molar-refractivity contribution is 0.0257. The van der Waals surface area contributed by atoms with Crippen LogP contribution in [0, 0.1) is 0 Å². The second kappa shape index (κ2) is 5.11. The van der Waals surface area contributed by atoms with Crippen molar-refractivity contribution >= 4 is 12.0 Å². The molecule has 0 fully saturated rings. The summed E-state index contributed by atoms with van der Waals surface area (Å²) in [4.78, 5) is 13.8. The fraction of sp³-hybridized carbons (Fsp3) is 0.692. The average Bonchev–Trinajstić information content (AvgIpc) is 2.57. The van der Waals surface area contributed by atoms with Crippen molar-refractivity contribution in [1.82, 2.24) is 10.1 Å². The Balaban J connectivity index is 2.03. The first-order chi connectivity index (χ1) is 8.90. The highest BCUT2D eigenvalue weighted by Gasteiger charge is 2.26. The molecule has 19 heavy (non-hydrogen) atoms. The normalized spacial score (nSPS) is 15.7. The molecule has 1 aromatic rings. The maximum Gasteiger partial charge on any atom is 0.410 e. The number of amides is 1. The molecule has 0 atom stereocenters. The molecule has 2 rings (SSSR count). The molecule has 0 bridgehead atoms. The van der Waals surface area contributed by atoms with E-state index in [0.717, 1.165) is 17.7 Å². The maximum atomic E-state index is 12.0. The van der Waals surface area contributed by atoms with Gasteiger partial charge in [0.1, 0.15) is 5.60 Å². The summed E-state index contributed by atoms with van der Waals surface area (Å²) in [6.07, 6.45) is 1.16. The van der Waals surface area contributed by atoms with Gasteiger partial charge in [0.05, 0.1) is 5.69 Å². The second-order valence-electron chi connectivity index (χ2n) is 5.65. The summed E-state index contributed by atoms with van der Waals surface area (Å²) in [6, 6.07) is 0. The quantitative estimate of drug-likeness (QED) is 0.843. The van der Waals surface area contributed by atoms with Gasteiger partial charge in [-0.1, -0.05) is 5.16 Å². The number of anilines is 1. The van der Waals surface area contributed by atoms with Gasteiger partial charge in [0.2, 0.25) is 5.88 Å². The molecule has 106 valence electrons. The van der Waals surface area contributed by atoms with Crippen LogP contribution in [0.4, 0.5) is 10.7 Å². The van der Waals surface area contributed by atoms with E-state index in [9.17, 15) is 4.79 Å². The highest BCUT2D eigenvalue weighted by atomic mass is 16.6. The highest BCUT2D eigenvalue weighted by Crippen LogP contribution is 2.24. The Morgan fingerprint density at radius 2 is 2.05 bits per heavy atom. The van der Waals surface area contributed by atoms with E-state index in [-0.39, 0.29) is 6.09 Å². The Bertz CT molecular complexity index is 462. The van der Waals surface area contributed by atoms with Crippen LogP contribution in [0.25, 0.3) is 0 Å². The largest absolute Gasteiger partial charge is 0.444 e. The number of nitrogens with zero attached hydrogens (tertiary/aromatic N) is 2. The van der Waals surface area contributed by atoms with Crippen molar-refractivity contribution in [3.05, 3.63) is 11.3 Å². The Kier molecular flexibility index (Phi) is 3.68. The van der Waals surface area contributed by atoms with Crippen molar-refractivity contribution in [2.75, 3.05) is 25.5 Å². The topological polar surface area (TPSA) is 67.6 Å². The number of nitrogens with one attached hydrogen (secondary N) is 1. The second-order valence-corrected chi connectivity index (χ2v) is 5.65. The van der Waals surface area contributed by atoms with Gasteiger partial charge >= 0.3 is 6.09 Å². The van der Waals surface area contributed by atoms with E-state index in [1.165, 1.54) is 0 Å². The van der Waals surface area contributed by atoms with Crippen LogP contribution in [0.2, 0.25) is 0 Å². The van der Waals surface area contributed by atoms with Crippen molar-refractivity contribution in [2.24, 2.45) is 0 Å². The Morgan fingerprint density at radius 3 is 2.68 bits per heavy atom. The molecule has 1 amide bonds. The Labute approximate surface area is 113 Å². The third-order valence-corrected chi connectivity index (χ3v) is 3.00. The molecule has 0 spiro atoms. The minimum atomic E-state index is -0.463. The van der Waals surface area contributed by atoms with Gasteiger partial charge in [0.25, 0.3) is 0 Å². The summed E-state index contributed by atoms with van der Waals surface area (Å²) < 4.78 is 10.6. The molecular weight excluding hydrogens is 246 g/mol. The number of carbonyl (C=O) groups is 1. The molecule has 2 heterocycles.